The summed E-state index contributed by atoms with van der Waals surface area (Å²) < 4.78 is 1.78. The van der Waals surface area contributed by atoms with Crippen molar-refractivity contribution in [3.8, 4) is 11.4 Å². The number of halogens is 1. The van der Waals surface area contributed by atoms with E-state index in [1.165, 1.54) is 0 Å². The second-order valence-electron chi connectivity index (χ2n) is 4.90. The summed E-state index contributed by atoms with van der Waals surface area (Å²) in [6.45, 7) is 2.12. The molecule has 4 heterocycles. The molecule has 3 aromatic rings. The van der Waals surface area contributed by atoms with Gasteiger partial charge in [-0.15, -0.1) is 10.2 Å². The number of nitrogens with one attached hydrogen (secondary N) is 2. The van der Waals surface area contributed by atoms with Crippen molar-refractivity contribution in [1.29, 1.82) is 0 Å². The molecule has 4 rings (SSSR count). The van der Waals surface area contributed by atoms with Gasteiger partial charge in [0.25, 0.3) is 0 Å². The highest BCUT2D eigenvalue weighted by molar-refractivity contribution is 9.09. The zero-order valence-corrected chi connectivity index (χ0v) is 13.5. The summed E-state index contributed by atoms with van der Waals surface area (Å²) >= 11 is 5.24. The number of hydrazine groups is 1. The molecule has 1 aliphatic heterocycles. The fourth-order valence-corrected chi connectivity index (χ4v) is 3.93. The van der Waals surface area contributed by atoms with Crippen LogP contribution in [0.4, 0.5) is 0 Å². The van der Waals surface area contributed by atoms with E-state index in [9.17, 15) is 0 Å². The van der Waals surface area contributed by atoms with E-state index in [1.807, 2.05) is 12.1 Å². The molecule has 0 bridgehead atoms. The maximum atomic E-state index is 4.67. The molecule has 9 heteroatoms. The van der Waals surface area contributed by atoms with Gasteiger partial charge in [0.15, 0.2) is 5.82 Å². The Hall–Kier alpha value is -1.42. The summed E-state index contributed by atoms with van der Waals surface area (Å²) in [7, 11) is 0. The van der Waals surface area contributed by atoms with E-state index < -0.39 is 0 Å². The van der Waals surface area contributed by atoms with Crippen LogP contribution in [0.25, 0.3) is 16.3 Å². The Morgan fingerprint density at radius 3 is 2.95 bits per heavy atom. The summed E-state index contributed by atoms with van der Waals surface area (Å²) in [6.07, 6.45) is 3.50. The fourth-order valence-electron chi connectivity index (χ4n) is 2.30. The molecular formula is C12H12BrN7S. The molecule has 7 nitrogen and oxygen atoms in total. The lowest BCUT2D eigenvalue weighted by atomic mass is 10.2. The normalized spacial score (nSPS) is 25.7. The predicted octanol–water partition coefficient (Wildman–Crippen LogP) is 1.55. The van der Waals surface area contributed by atoms with Gasteiger partial charge in [-0.05, 0) is 19.1 Å². The van der Waals surface area contributed by atoms with Gasteiger partial charge in [0.1, 0.15) is 5.01 Å². The topological polar surface area (TPSA) is 80.0 Å². The molecule has 3 unspecified atom stereocenters. The van der Waals surface area contributed by atoms with Crippen molar-refractivity contribution in [2.45, 2.75) is 23.8 Å². The third-order valence-corrected chi connectivity index (χ3v) is 5.76. The molecule has 1 fully saturated rings. The summed E-state index contributed by atoms with van der Waals surface area (Å²) in [4.78, 5) is 5.18. The van der Waals surface area contributed by atoms with Crippen molar-refractivity contribution >= 4 is 32.2 Å². The van der Waals surface area contributed by atoms with E-state index in [4.69, 9.17) is 0 Å². The Kier molecular flexibility index (Phi) is 3.21. The minimum atomic E-state index is 0.119. The minimum absolute atomic E-state index is 0.119. The molecular weight excluding hydrogens is 354 g/mol. The van der Waals surface area contributed by atoms with Gasteiger partial charge in [-0.25, -0.2) is 5.43 Å². The molecule has 2 N–H and O–H groups in total. The van der Waals surface area contributed by atoms with Crippen molar-refractivity contribution in [3.05, 3.63) is 29.5 Å². The summed E-state index contributed by atoms with van der Waals surface area (Å²) in [5.41, 5.74) is 7.38. The first kappa shape index (κ1) is 13.3. The van der Waals surface area contributed by atoms with Crippen LogP contribution in [0.3, 0.4) is 0 Å². The van der Waals surface area contributed by atoms with Gasteiger partial charge in [0, 0.05) is 24.0 Å². The minimum Gasteiger partial charge on any atom is -0.264 e. The van der Waals surface area contributed by atoms with Crippen LogP contribution < -0.4 is 10.9 Å². The smallest absolute Gasteiger partial charge is 0.235 e. The zero-order valence-electron chi connectivity index (χ0n) is 11.1. The quantitative estimate of drug-likeness (QED) is 0.670. The van der Waals surface area contributed by atoms with E-state index in [0.717, 1.165) is 15.5 Å². The average molecular weight is 366 g/mol. The lowest BCUT2D eigenvalue weighted by Crippen LogP contribution is -2.29. The number of hydrogen-bond donors (Lipinski definition) is 2. The number of hydrogen-bond acceptors (Lipinski definition) is 7. The maximum Gasteiger partial charge on any atom is 0.235 e. The van der Waals surface area contributed by atoms with Gasteiger partial charge in [-0.3, -0.25) is 10.4 Å². The fraction of sp³-hybridized carbons (Fsp3) is 0.333. The van der Waals surface area contributed by atoms with Crippen LogP contribution in [0.2, 0.25) is 0 Å². The standard InChI is InChI=1S/C12H12BrN7S/c1-6-8(13)9(16-15-6)11-19-20-10(17-18-12(20)21-11)7-3-2-4-14-5-7/h2-6,8-9,15-16H,1H3. The van der Waals surface area contributed by atoms with Crippen molar-refractivity contribution in [1.82, 2.24) is 35.6 Å². The molecule has 0 aromatic carbocycles. The van der Waals surface area contributed by atoms with Gasteiger partial charge < -0.3 is 0 Å². The van der Waals surface area contributed by atoms with Crippen LogP contribution in [0.15, 0.2) is 24.5 Å². The Labute approximate surface area is 132 Å². The molecule has 1 aliphatic rings. The molecule has 1 saturated heterocycles. The summed E-state index contributed by atoms with van der Waals surface area (Å²) in [6, 6.07) is 4.28. The molecule has 3 atom stereocenters. The zero-order chi connectivity index (χ0) is 14.4. The number of pyridine rings is 1. The lowest BCUT2D eigenvalue weighted by Gasteiger charge is -2.10. The van der Waals surface area contributed by atoms with Gasteiger partial charge in [-0.2, -0.15) is 9.61 Å². The number of nitrogens with zero attached hydrogens (tertiary/aromatic N) is 5. The third-order valence-electron chi connectivity index (χ3n) is 3.45. The van der Waals surface area contributed by atoms with Crippen LogP contribution in [0, 0.1) is 0 Å². The van der Waals surface area contributed by atoms with E-state index in [2.05, 4.69) is 54.0 Å². The molecule has 0 saturated carbocycles. The SMILES string of the molecule is CC1NNC(c2nn3c(-c4cccnc4)nnc3s2)C1Br. The Balaban J connectivity index is 1.76. The second kappa shape index (κ2) is 5.09. The van der Waals surface area contributed by atoms with E-state index in [1.54, 1.807) is 28.2 Å². The van der Waals surface area contributed by atoms with Crippen molar-refractivity contribution in [3.63, 3.8) is 0 Å². The lowest BCUT2D eigenvalue weighted by molar-refractivity contribution is 0.556. The Morgan fingerprint density at radius 2 is 2.24 bits per heavy atom. The number of rotatable bonds is 2. The maximum absolute atomic E-state index is 4.67. The van der Waals surface area contributed by atoms with Crippen molar-refractivity contribution < 1.29 is 0 Å². The van der Waals surface area contributed by atoms with E-state index in [0.29, 0.717) is 11.9 Å². The molecule has 0 aliphatic carbocycles. The van der Waals surface area contributed by atoms with E-state index >= 15 is 0 Å². The van der Waals surface area contributed by atoms with Gasteiger partial charge in [0.05, 0.1) is 10.9 Å². The van der Waals surface area contributed by atoms with Gasteiger partial charge >= 0.3 is 0 Å². The average Bonchev–Trinajstić information content (AvgIpc) is 3.15. The first-order valence-electron chi connectivity index (χ1n) is 6.51. The Bertz CT molecular complexity index is 770. The Morgan fingerprint density at radius 1 is 1.33 bits per heavy atom. The van der Waals surface area contributed by atoms with Crippen LogP contribution in [0.1, 0.15) is 18.0 Å². The molecule has 0 amide bonds. The highest BCUT2D eigenvalue weighted by atomic mass is 79.9. The van der Waals surface area contributed by atoms with Crippen LogP contribution in [0.5, 0.6) is 0 Å². The monoisotopic (exact) mass is 365 g/mol. The molecule has 108 valence electrons. The molecule has 3 aromatic heterocycles. The summed E-state index contributed by atoms with van der Waals surface area (Å²) in [5, 5.41) is 14.1. The van der Waals surface area contributed by atoms with Crippen molar-refractivity contribution in [2.75, 3.05) is 0 Å². The molecule has 0 radical (unpaired) electrons. The second-order valence-corrected chi connectivity index (χ2v) is 6.94. The van der Waals surface area contributed by atoms with E-state index in [-0.39, 0.29) is 10.9 Å². The van der Waals surface area contributed by atoms with Crippen molar-refractivity contribution in [2.24, 2.45) is 0 Å². The molecule has 21 heavy (non-hydrogen) atoms. The number of alkyl halides is 1. The number of aromatic nitrogens is 5. The molecule has 0 spiro atoms. The third kappa shape index (κ3) is 2.16. The van der Waals surface area contributed by atoms with Crippen LogP contribution in [-0.2, 0) is 0 Å². The van der Waals surface area contributed by atoms with Crippen LogP contribution >= 0.6 is 27.3 Å². The highest BCUT2D eigenvalue weighted by Gasteiger charge is 2.34. The first-order chi connectivity index (χ1) is 10.2. The number of fused-ring (bicyclic) bond motifs is 1. The predicted molar refractivity (Wildman–Crippen MR) is 83.1 cm³/mol. The largest absolute Gasteiger partial charge is 0.264 e. The van der Waals surface area contributed by atoms with Crippen LogP contribution in [-0.4, -0.2) is 35.7 Å². The van der Waals surface area contributed by atoms with Gasteiger partial charge in [0.2, 0.25) is 4.96 Å². The highest BCUT2D eigenvalue weighted by Crippen LogP contribution is 2.32. The van der Waals surface area contributed by atoms with Gasteiger partial charge in [-0.1, -0.05) is 27.3 Å². The summed E-state index contributed by atoms with van der Waals surface area (Å²) in [5.74, 6) is 0.714. The first-order valence-corrected chi connectivity index (χ1v) is 8.25.